The van der Waals surface area contributed by atoms with Crippen molar-refractivity contribution in [1.82, 2.24) is 14.7 Å². The predicted molar refractivity (Wildman–Crippen MR) is 78.7 cm³/mol. The molecule has 1 amide bonds. The zero-order valence-corrected chi connectivity index (χ0v) is 12.1. The fourth-order valence-electron chi connectivity index (χ4n) is 2.58. The van der Waals surface area contributed by atoms with Crippen LogP contribution in [0.15, 0.2) is 42.6 Å². The van der Waals surface area contributed by atoms with Crippen LogP contribution in [-0.2, 0) is 18.4 Å². The second-order valence-electron chi connectivity index (χ2n) is 5.30. The molecule has 5 nitrogen and oxygen atoms in total. The molecule has 0 radical (unpaired) electrons. The van der Waals surface area contributed by atoms with Crippen LogP contribution in [0.1, 0.15) is 22.5 Å². The number of amides is 1. The van der Waals surface area contributed by atoms with E-state index in [2.05, 4.69) is 5.10 Å². The predicted octanol–water partition coefficient (Wildman–Crippen LogP) is 1.85. The normalized spacial score (nSPS) is 18.1. The molecular weight excluding hydrogens is 266 g/mol. The molecule has 1 aliphatic rings. The SMILES string of the molecule is Cn1nccc1C(=O)N1CCC(OCc2ccccc2)C1. The first-order valence-corrected chi connectivity index (χ1v) is 7.17. The molecule has 1 aromatic carbocycles. The van der Waals surface area contributed by atoms with Gasteiger partial charge in [0.15, 0.2) is 0 Å². The largest absolute Gasteiger partial charge is 0.372 e. The first kappa shape index (κ1) is 13.8. The molecule has 0 saturated carbocycles. The van der Waals surface area contributed by atoms with Crippen LogP contribution in [0.5, 0.6) is 0 Å². The van der Waals surface area contributed by atoms with Crippen LogP contribution in [0.2, 0.25) is 0 Å². The summed E-state index contributed by atoms with van der Waals surface area (Å²) < 4.78 is 7.51. The minimum absolute atomic E-state index is 0.0285. The van der Waals surface area contributed by atoms with Crippen molar-refractivity contribution in [2.45, 2.75) is 19.1 Å². The number of nitrogens with zero attached hydrogens (tertiary/aromatic N) is 3. The number of hydrogen-bond acceptors (Lipinski definition) is 3. The second-order valence-corrected chi connectivity index (χ2v) is 5.30. The highest BCUT2D eigenvalue weighted by molar-refractivity contribution is 5.92. The van der Waals surface area contributed by atoms with Gasteiger partial charge in [0.2, 0.25) is 0 Å². The van der Waals surface area contributed by atoms with Gasteiger partial charge >= 0.3 is 0 Å². The van der Waals surface area contributed by atoms with E-state index in [1.165, 1.54) is 0 Å². The smallest absolute Gasteiger partial charge is 0.272 e. The summed E-state index contributed by atoms with van der Waals surface area (Å²) in [6.45, 7) is 1.99. The number of benzene rings is 1. The number of carbonyl (C=O) groups excluding carboxylic acids is 1. The Hall–Kier alpha value is -2.14. The molecule has 1 aliphatic heterocycles. The number of aromatic nitrogens is 2. The van der Waals surface area contributed by atoms with Crippen molar-refractivity contribution in [2.75, 3.05) is 13.1 Å². The van der Waals surface area contributed by atoms with Crippen molar-refractivity contribution in [3.05, 3.63) is 53.9 Å². The molecule has 110 valence electrons. The Labute approximate surface area is 124 Å². The van der Waals surface area contributed by atoms with Crippen molar-refractivity contribution >= 4 is 5.91 Å². The quantitative estimate of drug-likeness (QED) is 0.861. The maximum Gasteiger partial charge on any atom is 0.272 e. The minimum atomic E-state index is 0.0285. The van der Waals surface area contributed by atoms with Gasteiger partial charge < -0.3 is 9.64 Å². The van der Waals surface area contributed by atoms with E-state index in [0.29, 0.717) is 18.8 Å². The lowest BCUT2D eigenvalue weighted by atomic mass is 10.2. The minimum Gasteiger partial charge on any atom is -0.372 e. The van der Waals surface area contributed by atoms with Gasteiger partial charge in [0.1, 0.15) is 5.69 Å². The van der Waals surface area contributed by atoms with Gasteiger partial charge in [0, 0.05) is 26.3 Å². The Kier molecular flexibility index (Phi) is 4.01. The number of hydrogen-bond donors (Lipinski definition) is 0. The number of likely N-dealkylation sites (tertiary alicyclic amines) is 1. The molecule has 1 aromatic heterocycles. The van der Waals surface area contributed by atoms with E-state index >= 15 is 0 Å². The maximum atomic E-state index is 12.4. The van der Waals surface area contributed by atoms with E-state index in [9.17, 15) is 4.79 Å². The average molecular weight is 285 g/mol. The Bertz CT molecular complexity index is 609. The van der Waals surface area contributed by atoms with Crippen LogP contribution in [0.3, 0.4) is 0 Å². The number of carbonyl (C=O) groups is 1. The first-order chi connectivity index (χ1) is 10.2. The van der Waals surface area contributed by atoms with Gasteiger partial charge in [-0.1, -0.05) is 30.3 Å². The maximum absolute atomic E-state index is 12.4. The number of aryl methyl sites for hydroxylation is 1. The summed E-state index contributed by atoms with van der Waals surface area (Å²) in [5, 5.41) is 4.04. The molecule has 5 heteroatoms. The summed E-state index contributed by atoms with van der Waals surface area (Å²) in [6.07, 6.45) is 2.64. The van der Waals surface area contributed by atoms with Gasteiger partial charge in [0.25, 0.3) is 5.91 Å². The van der Waals surface area contributed by atoms with E-state index < -0.39 is 0 Å². The monoisotopic (exact) mass is 285 g/mol. The Balaban J connectivity index is 1.54. The highest BCUT2D eigenvalue weighted by Crippen LogP contribution is 2.17. The fourth-order valence-corrected chi connectivity index (χ4v) is 2.58. The van der Waals surface area contributed by atoms with E-state index in [1.807, 2.05) is 35.2 Å². The Morgan fingerprint density at radius 2 is 2.14 bits per heavy atom. The highest BCUT2D eigenvalue weighted by atomic mass is 16.5. The van der Waals surface area contributed by atoms with Crippen LogP contribution in [-0.4, -0.2) is 39.8 Å². The van der Waals surface area contributed by atoms with Crippen molar-refractivity contribution in [3.63, 3.8) is 0 Å². The van der Waals surface area contributed by atoms with Crippen LogP contribution in [0.25, 0.3) is 0 Å². The van der Waals surface area contributed by atoms with Crippen molar-refractivity contribution in [2.24, 2.45) is 7.05 Å². The summed E-state index contributed by atoms with van der Waals surface area (Å²) in [5.41, 5.74) is 1.78. The zero-order chi connectivity index (χ0) is 14.7. The summed E-state index contributed by atoms with van der Waals surface area (Å²) in [4.78, 5) is 14.2. The molecular formula is C16H19N3O2. The molecule has 1 unspecified atom stereocenters. The standard InChI is InChI=1S/C16H19N3O2/c1-18-15(7-9-17-18)16(20)19-10-8-14(11-19)21-12-13-5-3-2-4-6-13/h2-7,9,14H,8,10-12H2,1H3. The van der Waals surface area contributed by atoms with Crippen LogP contribution in [0, 0.1) is 0 Å². The van der Waals surface area contributed by atoms with Gasteiger partial charge in [-0.25, -0.2) is 0 Å². The molecule has 3 rings (SSSR count). The third-order valence-electron chi connectivity index (χ3n) is 3.80. The topological polar surface area (TPSA) is 47.4 Å². The van der Waals surface area contributed by atoms with E-state index in [1.54, 1.807) is 24.0 Å². The van der Waals surface area contributed by atoms with Crippen molar-refractivity contribution in [1.29, 1.82) is 0 Å². The van der Waals surface area contributed by atoms with Gasteiger partial charge in [-0.05, 0) is 18.1 Å². The molecule has 0 bridgehead atoms. The first-order valence-electron chi connectivity index (χ1n) is 7.17. The number of rotatable bonds is 4. The van der Waals surface area contributed by atoms with Gasteiger partial charge in [-0.15, -0.1) is 0 Å². The molecule has 21 heavy (non-hydrogen) atoms. The summed E-state index contributed by atoms with van der Waals surface area (Å²) in [6, 6.07) is 11.9. The molecule has 0 aliphatic carbocycles. The molecule has 1 atom stereocenters. The van der Waals surface area contributed by atoms with E-state index in [0.717, 1.165) is 18.5 Å². The molecule has 0 spiro atoms. The van der Waals surface area contributed by atoms with Crippen LogP contribution in [0.4, 0.5) is 0 Å². The third kappa shape index (κ3) is 3.13. The summed E-state index contributed by atoms with van der Waals surface area (Å²) >= 11 is 0. The Morgan fingerprint density at radius 1 is 1.33 bits per heavy atom. The molecule has 1 saturated heterocycles. The molecule has 1 fully saturated rings. The van der Waals surface area contributed by atoms with Crippen molar-refractivity contribution in [3.8, 4) is 0 Å². The Morgan fingerprint density at radius 3 is 2.86 bits per heavy atom. The highest BCUT2D eigenvalue weighted by Gasteiger charge is 2.28. The van der Waals surface area contributed by atoms with Crippen LogP contribution < -0.4 is 0 Å². The second kappa shape index (κ2) is 6.10. The fraction of sp³-hybridized carbons (Fsp3) is 0.375. The molecule has 0 N–H and O–H groups in total. The summed E-state index contributed by atoms with van der Waals surface area (Å²) in [5.74, 6) is 0.0285. The molecule has 2 aromatic rings. The lowest BCUT2D eigenvalue weighted by Gasteiger charge is -2.16. The van der Waals surface area contributed by atoms with Crippen LogP contribution >= 0.6 is 0 Å². The zero-order valence-electron chi connectivity index (χ0n) is 12.1. The lowest BCUT2D eigenvalue weighted by Crippen LogP contribution is -2.31. The average Bonchev–Trinajstić information content (AvgIpc) is 3.14. The lowest BCUT2D eigenvalue weighted by molar-refractivity contribution is 0.0435. The molecule has 2 heterocycles. The van der Waals surface area contributed by atoms with E-state index in [4.69, 9.17) is 4.74 Å². The summed E-state index contributed by atoms with van der Waals surface area (Å²) in [7, 11) is 1.78. The van der Waals surface area contributed by atoms with Gasteiger partial charge in [-0.3, -0.25) is 9.48 Å². The van der Waals surface area contributed by atoms with Crippen molar-refractivity contribution < 1.29 is 9.53 Å². The third-order valence-corrected chi connectivity index (χ3v) is 3.80. The van der Waals surface area contributed by atoms with E-state index in [-0.39, 0.29) is 12.0 Å². The van der Waals surface area contributed by atoms with Gasteiger partial charge in [-0.2, -0.15) is 5.10 Å². The van der Waals surface area contributed by atoms with Gasteiger partial charge in [0.05, 0.1) is 12.7 Å². The number of ether oxygens (including phenoxy) is 1.